The van der Waals surface area contributed by atoms with E-state index in [-0.39, 0.29) is 12.0 Å². The molecule has 1 amide bonds. The van der Waals surface area contributed by atoms with E-state index in [1.165, 1.54) is 11.1 Å². The number of aromatic nitrogens is 1. The van der Waals surface area contributed by atoms with E-state index in [4.69, 9.17) is 14.5 Å². The lowest BCUT2D eigenvalue weighted by molar-refractivity contribution is -0.146. The summed E-state index contributed by atoms with van der Waals surface area (Å²) in [5.41, 5.74) is 1.04. The van der Waals surface area contributed by atoms with Crippen molar-refractivity contribution >= 4 is 32.6 Å². The van der Waals surface area contributed by atoms with Gasteiger partial charge < -0.3 is 19.3 Å². The molecule has 146 valence electrons. The van der Waals surface area contributed by atoms with Crippen molar-refractivity contribution in [2.45, 2.75) is 38.4 Å². The van der Waals surface area contributed by atoms with Crippen molar-refractivity contribution in [1.82, 2.24) is 9.88 Å². The first-order chi connectivity index (χ1) is 13.2. The minimum Gasteiger partial charge on any atom is -0.376 e. The van der Waals surface area contributed by atoms with Gasteiger partial charge in [-0.15, -0.1) is 0 Å². The molecule has 1 aromatic heterocycles. The highest BCUT2D eigenvalue weighted by molar-refractivity contribution is 7.22. The number of carbonyl (C=O) groups excluding carboxylic acids is 1. The van der Waals surface area contributed by atoms with E-state index in [1.807, 2.05) is 30.0 Å². The van der Waals surface area contributed by atoms with E-state index >= 15 is 0 Å². The van der Waals surface area contributed by atoms with Crippen molar-refractivity contribution in [1.29, 1.82) is 0 Å². The van der Waals surface area contributed by atoms with Crippen molar-refractivity contribution < 1.29 is 14.3 Å². The molecular weight excluding hydrogens is 362 g/mol. The van der Waals surface area contributed by atoms with Crippen LogP contribution in [-0.4, -0.2) is 67.4 Å². The molecular formula is C20H27N3O3S. The lowest BCUT2D eigenvalue weighted by Crippen LogP contribution is -2.51. The minimum atomic E-state index is -0.412. The summed E-state index contributed by atoms with van der Waals surface area (Å²) in [6, 6.07) is 8.21. The Bertz CT molecular complexity index is 734. The van der Waals surface area contributed by atoms with E-state index in [9.17, 15) is 4.79 Å². The number of fused-ring (bicyclic) bond motifs is 1. The summed E-state index contributed by atoms with van der Waals surface area (Å²) in [6.07, 6.45) is 3.07. The number of nitrogens with zero attached hydrogens (tertiary/aromatic N) is 3. The molecule has 2 aliphatic rings. The van der Waals surface area contributed by atoms with Gasteiger partial charge in [-0.1, -0.05) is 23.5 Å². The fraction of sp³-hybridized carbons (Fsp3) is 0.600. The third-order valence-corrected chi connectivity index (χ3v) is 6.40. The quantitative estimate of drug-likeness (QED) is 0.787. The molecule has 2 fully saturated rings. The van der Waals surface area contributed by atoms with Gasteiger partial charge in [0.05, 0.1) is 22.9 Å². The summed E-state index contributed by atoms with van der Waals surface area (Å²) in [7, 11) is 0. The maximum Gasteiger partial charge on any atom is 0.251 e. The number of anilines is 1. The number of hydrogen-bond acceptors (Lipinski definition) is 6. The molecule has 0 N–H and O–H groups in total. The molecule has 2 aromatic rings. The molecule has 2 saturated heterocycles. The summed E-state index contributed by atoms with van der Waals surface area (Å²) in [5.74, 6) is 0.0785. The van der Waals surface area contributed by atoms with Gasteiger partial charge in [0.1, 0.15) is 6.10 Å². The fourth-order valence-corrected chi connectivity index (χ4v) is 4.65. The Morgan fingerprint density at radius 2 is 2.11 bits per heavy atom. The van der Waals surface area contributed by atoms with Crippen LogP contribution in [0.1, 0.15) is 26.2 Å². The number of para-hydroxylation sites is 1. The smallest absolute Gasteiger partial charge is 0.251 e. The van der Waals surface area contributed by atoms with Gasteiger partial charge in [-0.3, -0.25) is 4.79 Å². The number of hydrogen-bond donors (Lipinski definition) is 0. The van der Waals surface area contributed by atoms with Crippen molar-refractivity contribution in [2.24, 2.45) is 0 Å². The molecule has 2 unspecified atom stereocenters. The number of amides is 1. The van der Waals surface area contributed by atoms with Gasteiger partial charge >= 0.3 is 0 Å². The van der Waals surface area contributed by atoms with Crippen molar-refractivity contribution in [3.8, 4) is 0 Å². The summed E-state index contributed by atoms with van der Waals surface area (Å²) >= 11 is 1.72. The van der Waals surface area contributed by atoms with Crippen LogP contribution >= 0.6 is 11.3 Å². The number of thiazole rings is 1. The molecule has 2 aliphatic heterocycles. The molecule has 27 heavy (non-hydrogen) atoms. The van der Waals surface area contributed by atoms with Crippen LogP contribution in [0.4, 0.5) is 5.13 Å². The minimum absolute atomic E-state index is 0.0785. The largest absolute Gasteiger partial charge is 0.376 e. The molecule has 3 heterocycles. The first kappa shape index (κ1) is 18.7. The monoisotopic (exact) mass is 389 g/mol. The summed E-state index contributed by atoms with van der Waals surface area (Å²) in [5, 5.41) is 1.04. The Balaban J connectivity index is 1.27. The maximum absolute atomic E-state index is 12.7. The second-order valence-electron chi connectivity index (χ2n) is 7.24. The molecule has 0 saturated carbocycles. The molecule has 6 nitrogen and oxygen atoms in total. The standard InChI is InChI=1S/C20H27N3O3S/c1-15(26-14-16-6-4-5-13-25-16)19(24)22-9-11-23(12-10-22)20-21-17-7-2-3-8-18(17)27-20/h2-3,7-8,15-16H,4-6,9-14H2,1H3. The third-order valence-electron chi connectivity index (χ3n) is 5.30. The topological polar surface area (TPSA) is 54.9 Å². The number of rotatable bonds is 5. The number of ether oxygens (including phenoxy) is 2. The van der Waals surface area contributed by atoms with E-state index in [0.717, 1.165) is 43.2 Å². The predicted octanol–water partition coefficient (Wildman–Crippen LogP) is 2.92. The molecule has 4 rings (SSSR count). The highest BCUT2D eigenvalue weighted by Crippen LogP contribution is 2.29. The van der Waals surface area contributed by atoms with Crippen LogP contribution in [0.3, 0.4) is 0 Å². The molecule has 0 radical (unpaired) electrons. The van der Waals surface area contributed by atoms with E-state index < -0.39 is 6.10 Å². The van der Waals surface area contributed by atoms with Gasteiger partial charge in [0.2, 0.25) is 0 Å². The summed E-state index contributed by atoms with van der Waals surface area (Å²) < 4.78 is 12.7. The number of benzene rings is 1. The zero-order valence-corrected chi connectivity index (χ0v) is 16.6. The van der Waals surface area contributed by atoms with Gasteiger partial charge in [0.25, 0.3) is 5.91 Å². The lowest BCUT2D eigenvalue weighted by Gasteiger charge is -2.36. The van der Waals surface area contributed by atoms with Gasteiger partial charge in [0.15, 0.2) is 5.13 Å². The van der Waals surface area contributed by atoms with Crippen molar-refractivity contribution in [2.75, 3.05) is 44.3 Å². The van der Waals surface area contributed by atoms with Crippen LogP contribution in [0, 0.1) is 0 Å². The SMILES string of the molecule is CC(OCC1CCCCO1)C(=O)N1CCN(c2nc3ccccc3s2)CC1. The van der Waals surface area contributed by atoms with Crippen LogP contribution in [0.5, 0.6) is 0 Å². The highest BCUT2D eigenvalue weighted by Gasteiger charge is 2.27. The van der Waals surface area contributed by atoms with Gasteiger partial charge in [-0.05, 0) is 38.3 Å². The van der Waals surface area contributed by atoms with Crippen LogP contribution in [0.25, 0.3) is 10.2 Å². The first-order valence-electron chi connectivity index (χ1n) is 9.83. The summed E-state index contributed by atoms with van der Waals surface area (Å²) in [4.78, 5) is 21.6. The Labute approximate surface area is 164 Å². The van der Waals surface area contributed by atoms with Gasteiger partial charge in [-0.2, -0.15) is 0 Å². The zero-order chi connectivity index (χ0) is 18.6. The van der Waals surface area contributed by atoms with Crippen LogP contribution in [0.15, 0.2) is 24.3 Å². The second-order valence-corrected chi connectivity index (χ2v) is 8.25. The molecule has 0 bridgehead atoms. The molecule has 7 heteroatoms. The van der Waals surface area contributed by atoms with E-state index in [2.05, 4.69) is 11.0 Å². The Kier molecular flexibility index (Phi) is 5.90. The van der Waals surface area contributed by atoms with Crippen LogP contribution in [0.2, 0.25) is 0 Å². The maximum atomic E-state index is 12.7. The van der Waals surface area contributed by atoms with Crippen molar-refractivity contribution in [3.63, 3.8) is 0 Å². The van der Waals surface area contributed by atoms with E-state index in [0.29, 0.717) is 19.7 Å². The molecule has 2 atom stereocenters. The Morgan fingerprint density at radius 3 is 2.85 bits per heavy atom. The average Bonchev–Trinajstić information content (AvgIpc) is 3.16. The Morgan fingerprint density at radius 1 is 1.30 bits per heavy atom. The second kappa shape index (κ2) is 8.54. The first-order valence-corrected chi connectivity index (χ1v) is 10.6. The van der Waals surface area contributed by atoms with Gasteiger partial charge in [0, 0.05) is 32.8 Å². The molecule has 0 aliphatic carbocycles. The normalized spacial score (nSPS) is 22.2. The van der Waals surface area contributed by atoms with Crippen molar-refractivity contribution in [3.05, 3.63) is 24.3 Å². The fourth-order valence-electron chi connectivity index (χ4n) is 3.63. The van der Waals surface area contributed by atoms with Gasteiger partial charge in [-0.25, -0.2) is 4.98 Å². The predicted molar refractivity (Wildman–Crippen MR) is 107 cm³/mol. The third kappa shape index (κ3) is 4.42. The van der Waals surface area contributed by atoms with Crippen LogP contribution in [-0.2, 0) is 14.3 Å². The lowest BCUT2D eigenvalue weighted by atomic mass is 10.1. The number of carbonyl (C=O) groups is 1. The van der Waals surface area contributed by atoms with Crippen LogP contribution < -0.4 is 4.90 Å². The highest BCUT2D eigenvalue weighted by atomic mass is 32.1. The Hall–Kier alpha value is -1.70. The van der Waals surface area contributed by atoms with E-state index in [1.54, 1.807) is 11.3 Å². The molecule has 0 spiro atoms. The zero-order valence-electron chi connectivity index (χ0n) is 15.8. The summed E-state index contributed by atoms with van der Waals surface area (Å²) in [6.45, 7) is 6.21. The molecule has 1 aromatic carbocycles. The average molecular weight is 390 g/mol. The number of piperazine rings is 1.